The number of rotatable bonds is 4. The van der Waals surface area contributed by atoms with Crippen LogP contribution in [0, 0.1) is 23.2 Å². The second-order valence-electron chi connectivity index (χ2n) is 9.36. The molecule has 2 aromatic rings. The normalized spacial score (nSPS) is 32.3. The van der Waals surface area contributed by atoms with Gasteiger partial charge in [-0.2, -0.15) is 0 Å². The van der Waals surface area contributed by atoms with Crippen molar-refractivity contribution >= 4 is 0 Å². The Bertz CT molecular complexity index is 694. The molecule has 0 unspecified atom stereocenters. The summed E-state index contributed by atoms with van der Waals surface area (Å²) in [5, 5.41) is 19.4. The zero-order valence-corrected chi connectivity index (χ0v) is 15.3. The van der Waals surface area contributed by atoms with E-state index in [1.807, 2.05) is 24.3 Å². The second kappa shape index (κ2) is 6.04. The lowest BCUT2D eigenvalue weighted by Gasteiger charge is -2.57. The van der Waals surface area contributed by atoms with Gasteiger partial charge < -0.3 is 10.2 Å². The molecule has 0 spiro atoms. The first kappa shape index (κ1) is 16.2. The van der Waals surface area contributed by atoms with Gasteiger partial charge in [0, 0.05) is 5.92 Å². The minimum atomic E-state index is 0.327. The van der Waals surface area contributed by atoms with Crippen LogP contribution < -0.4 is 0 Å². The highest BCUT2D eigenvalue weighted by Crippen LogP contribution is 2.63. The van der Waals surface area contributed by atoms with Crippen LogP contribution in [0.3, 0.4) is 0 Å². The van der Waals surface area contributed by atoms with Gasteiger partial charge in [0.1, 0.15) is 11.5 Å². The summed E-state index contributed by atoms with van der Waals surface area (Å²) in [4.78, 5) is 0. The molecule has 0 atom stereocenters. The maximum Gasteiger partial charge on any atom is 0.115 e. The smallest absolute Gasteiger partial charge is 0.115 e. The van der Waals surface area contributed by atoms with E-state index in [2.05, 4.69) is 24.3 Å². The van der Waals surface area contributed by atoms with Gasteiger partial charge in [-0.3, -0.25) is 0 Å². The number of phenols is 2. The fraction of sp³-hybridized carbons (Fsp3) is 0.500. The number of hydrogen-bond acceptors (Lipinski definition) is 2. The van der Waals surface area contributed by atoms with Crippen LogP contribution in [0.1, 0.15) is 62.0 Å². The molecule has 2 aromatic carbocycles. The van der Waals surface area contributed by atoms with Gasteiger partial charge in [0.2, 0.25) is 0 Å². The van der Waals surface area contributed by atoms with Gasteiger partial charge in [0.25, 0.3) is 0 Å². The number of phenolic OH excluding ortho intramolecular Hbond substituents is 2. The van der Waals surface area contributed by atoms with E-state index < -0.39 is 0 Å². The summed E-state index contributed by atoms with van der Waals surface area (Å²) in [7, 11) is 0. The van der Waals surface area contributed by atoms with E-state index in [0.29, 0.717) is 22.8 Å². The molecule has 0 aliphatic heterocycles. The van der Waals surface area contributed by atoms with Crippen molar-refractivity contribution in [2.24, 2.45) is 23.2 Å². The van der Waals surface area contributed by atoms with Crippen molar-refractivity contribution < 1.29 is 10.2 Å². The van der Waals surface area contributed by atoms with Crippen LogP contribution in [-0.4, -0.2) is 10.2 Å². The zero-order valence-electron chi connectivity index (χ0n) is 15.3. The molecule has 4 bridgehead atoms. The van der Waals surface area contributed by atoms with Crippen molar-refractivity contribution in [3.63, 3.8) is 0 Å². The van der Waals surface area contributed by atoms with Crippen molar-refractivity contribution in [3.05, 3.63) is 59.7 Å². The van der Waals surface area contributed by atoms with Crippen molar-refractivity contribution in [2.75, 3.05) is 0 Å². The topological polar surface area (TPSA) is 40.5 Å². The van der Waals surface area contributed by atoms with Crippen molar-refractivity contribution in [2.45, 2.75) is 50.9 Å². The van der Waals surface area contributed by atoms with Gasteiger partial charge in [0.15, 0.2) is 0 Å². The monoisotopic (exact) mass is 348 g/mol. The first-order chi connectivity index (χ1) is 12.6. The highest BCUT2D eigenvalue weighted by Gasteiger charge is 2.51. The molecule has 0 radical (unpaired) electrons. The van der Waals surface area contributed by atoms with Crippen molar-refractivity contribution in [1.82, 2.24) is 0 Å². The van der Waals surface area contributed by atoms with Crippen molar-refractivity contribution in [1.29, 1.82) is 0 Å². The molecule has 0 saturated heterocycles. The lowest BCUT2D eigenvalue weighted by Crippen LogP contribution is -2.46. The Morgan fingerprint density at radius 1 is 0.692 bits per heavy atom. The van der Waals surface area contributed by atoms with E-state index in [0.717, 1.165) is 17.8 Å². The Balaban J connectivity index is 1.50. The van der Waals surface area contributed by atoms with E-state index in [1.165, 1.54) is 56.1 Å². The van der Waals surface area contributed by atoms with Gasteiger partial charge in [-0.1, -0.05) is 24.3 Å². The Kier molecular flexibility index (Phi) is 3.77. The van der Waals surface area contributed by atoms with Crippen LogP contribution in [0.25, 0.3) is 0 Å². The summed E-state index contributed by atoms with van der Waals surface area (Å²) in [5.74, 6) is 3.87. The molecule has 2 heteroatoms. The molecule has 136 valence electrons. The molecule has 26 heavy (non-hydrogen) atoms. The molecule has 0 amide bonds. The Morgan fingerprint density at radius 2 is 1.08 bits per heavy atom. The number of benzene rings is 2. The molecule has 4 aliphatic carbocycles. The molecule has 2 N–H and O–H groups in total. The molecule has 4 aliphatic rings. The zero-order chi connectivity index (χ0) is 17.7. The fourth-order valence-electron chi connectivity index (χ4n) is 6.81. The molecule has 0 heterocycles. The van der Waals surface area contributed by atoms with Crippen LogP contribution in [0.5, 0.6) is 11.5 Å². The lowest BCUT2D eigenvalue weighted by molar-refractivity contribution is -0.0591. The number of hydrogen-bond donors (Lipinski definition) is 2. The minimum absolute atomic E-state index is 0.327. The summed E-state index contributed by atoms with van der Waals surface area (Å²) in [6, 6.07) is 15.5. The van der Waals surface area contributed by atoms with Crippen LogP contribution >= 0.6 is 0 Å². The average Bonchev–Trinajstić information content (AvgIpc) is 2.60. The highest BCUT2D eigenvalue weighted by atomic mass is 16.3. The van der Waals surface area contributed by atoms with Crippen LogP contribution in [-0.2, 0) is 0 Å². The maximum atomic E-state index is 9.72. The van der Waals surface area contributed by atoms with Gasteiger partial charge in [-0.15, -0.1) is 0 Å². The lowest BCUT2D eigenvalue weighted by atomic mass is 9.48. The van der Waals surface area contributed by atoms with Gasteiger partial charge >= 0.3 is 0 Å². The highest BCUT2D eigenvalue weighted by molar-refractivity contribution is 5.38. The van der Waals surface area contributed by atoms with E-state index in [9.17, 15) is 10.2 Å². The van der Waals surface area contributed by atoms with E-state index >= 15 is 0 Å². The summed E-state index contributed by atoms with van der Waals surface area (Å²) in [5.41, 5.74) is 3.06. The largest absolute Gasteiger partial charge is 0.508 e. The molecule has 4 fully saturated rings. The third-order valence-electron chi connectivity index (χ3n) is 7.39. The van der Waals surface area contributed by atoms with Crippen LogP contribution in [0.4, 0.5) is 0 Å². The van der Waals surface area contributed by atoms with E-state index in [-0.39, 0.29) is 0 Å². The predicted molar refractivity (Wildman–Crippen MR) is 103 cm³/mol. The first-order valence-electron chi connectivity index (χ1n) is 10.2. The van der Waals surface area contributed by atoms with E-state index in [1.54, 1.807) is 0 Å². The Hall–Kier alpha value is -1.96. The average molecular weight is 348 g/mol. The summed E-state index contributed by atoms with van der Waals surface area (Å²) in [6.45, 7) is 0. The third kappa shape index (κ3) is 2.90. The first-order valence-corrected chi connectivity index (χ1v) is 10.2. The maximum absolute atomic E-state index is 9.72. The van der Waals surface area contributed by atoms with Crippen molar-refractivity contribution in [3.8, 4) is 11.5 Å². The second-order valence-corrected chi connectivity index (χ2v) is 9.36. The summed E-state index contributed by atoms with van der Waals surface area (Å²) >= 11 is 0. The molecule has 2 nitrogen and oxygen atoms in total. The quantitative estimate of drug-likeness (QED) is 0.729. The predicted octanol–water partition coefficient (Wildman–Crippen LogP) is 5.84. The summed E-state index contributed by atoms with van der Waals surface area (Å²) in [6.07, 6.45) is 9.85. The Labute approximate surface area is 155 Å². The molecule has 0 aromatic heterocycles. The number of aromatic hydroxyl groups is 2. The van der Waals surface area contributed by atoms with Crippen LogP contribution in [0.2, 0.25) is 0 Å². The fourth-order valence-corrected chi connectivity index (χ4v) is 6.81. The SMILES string of the molecule is Oc1ccc(C(CC23CC4CC(CC(C4)C2)C3)c2ccc(O)cc2)cc1. The molecule has 6 rings (SSSR count). The minimum Gasteiger partial charge on any atom is -0.508 e. The third-order valence-corrected chi connectivity index (χ3v) is 7.39. The molecular formula is C24H28O2. The van der Waals surface area contributed by atoms with Gasteiger partial charge in [0.05, 0.1) is 0 Å². The standard InChI is InChI=1S/C24H28O2/c25-21-5-1-19(2-6-21)23(20-3-7-22(26)8-4-20)15-24-12-16-9-17(13-24)11-18(10-16)14-24/h1-8,16-18,23,25-26H,9-15H2. The Morgan fingerprint density at radius 3 is 1.46 bits per heavy atom. The van der Waals surface area contributed by atoms with E-state index in [4.69, 9.17) is 0 Å². The molecule has 4 saturated carbocycles. The van der Waals surface area contributed by atoms with Crippen LogP contribution in [0.15, 0.2) is 48.5 Å². The van der Waals surface area contributed by atoms with Gasteiger partial charge in [-0.05, 0) is 104 Å². The molecular weight excluding hydrogens is 320 g/mol. The van der Waals surface area contributed by atoms with Gasteiger partial charge in [-0.25, -0.2) is 0 Å². The summed E-state index contributed by atoms with van der Waals surface area (Å²) < 4.78 is 0.